The Morgan fingerprint density at radius 3 is 2.94 bits per heavy atom. The predicted molar refractivity (Wildman–Crippen MR) is 65.5 cm³/mol. The molecule has 1 aromatic rings. The molecule has 1 saturated heterocycles. The Bertz CT molecular complexity index is 405. The van der Waals surface area contributed by atoms with Gasteiger partial charge in [-0.25, -0.2) is 4.98 Å². The first-order valence-electron chi connectivity index (χ1n) is 5.98. The molecule has 1 atom stereocenters. The van der Waals surface area contributed by atoms with Gasteiger partial charge >= 0.3 is 0 Å². The largest absolute Gasteiger partial charge is 0.354 e. The molecular weight excluding hydrogens is 216 g/mol. The van der Waals surface area contributed by atoms with Crippen LogP contribution in [-0.4, -0.2) is 27.5 Å². The maximum Gasteiger partial charge on any atom is 0.222 e. The molecule has 0 saturated carbocycles. The summed E-state index contributed by atoms with van der Waals surface area (Å²) >= 11 is 0. The van der Waals surface area contributed by atoms with Gasteiger partial charge in [0.25, 0.3) is 0 Å². The van der Waals surface area contributed by atoms with E-state index in [2.05, 4.69) is 41.0 Å². The highest BCUT2D eigenvalue weighted by Crippen LogP contribution is 2.18. The molecule has 0 spiro atoms. The number of nitrogens with one attached hydrogen (secondary N) is 2. The highest BCUT2D eigenvalue weighted by molar-refractivity contribution is 5.78. The number of amides is 1. The van der Waals surface area contributed by atoms with Crippen molar-refractivity contribution in [3.05, 3.63) is 18.2 Å². The van der Waals surface area contributed by atoms with E-state index in [0.717, 1.165) is 12.2 Å². The molecular formula is C12H20N4O. The summed E-state index contributed by atoms with van der Waals surface area (Å²) in [5.74, 6) is 0.124. The minimum atomic E-state index is 0.0822. The van der Waals surface area contributed by atoms with Crippen molar-refractivity contribution in [2.45, 2.75) is 45.3 Å². The molecule has 1 fully saturated rings. The summed E-state index contributed by atoms with van der Waals surface area (Å²) < 4.78 is 2.09. The topological polar surface area (TPSA) is 59.0 Å². The Balaban J connectivity index is 2.04. The molecule has 5 nitrogen and oxygen atoms in total. The number of hydrogen-bond acceptors (Lipinski definition) is 3. The lowest BCUT2D eigenvalue weighted by Crippen LogP contribution is -2.35. The van der Waals surface area contributed by atoms with E-state index in [1.165, 1.54) is 0 Å². The summed E-state index contributed by atoms with van der Waals surface area (Å²) in [6.45, 7) is 7.88. The van der Waals surface area contributed by atoms with Crippen molar-refractivity contribution in [2.75, 3.05) is 6.54 Å². The lowest BCUT2D eigenvalue weighted by atomic mass is 10.1. The van der Waals surface area contributed by atoms with Gasteiger partial charge in [-0.3, -0.25) is 4.79 Å². The van der Waals surface area contributed by atoms with Crippen LogP contribution in [0.25, 0.3) is 0 Å². The number of imidazole rings is 1. The summed E-state index contributed by atoms with van der Waals surface area (Å²) in [6, 6.07) is 0.210. The number of rotatable bonds is 3. The van der Waals surface area contributed by atoms with Crippen LogP contribution in [0.15, 0.2) is 12.5 Å². The Morgan fingerprint density at radius 2 is 2.35 bits per heavy atom. The summed E-state index contributed by atoms with van der Waals surface area (Å²) in [7, 11) is 0. The zero-order valence-corrected chi connectivity index (χ0v) is 10.7. The molecule has 1 unspecified atom stereocenters. The van der Waals surface area contributed by atoms with Gasteiger partial charge in [0.05, 0.1) is 18.1 Å². The van der Waals surface area contributed by atoms with Crippen molar-refractivity contribution in [1.29, 1.82) is 0 Å². The fraction of sp³-hybridized carbons (Fsp3) is 0.667. The Kier molecular flexibility index (Phi) is 3.19. The van der Waals surface area contributed by atoms with Gasteiger partial charge in [-0.1, -0.05) is 0 Å². The number of hydrogen-bond donors (Lipinski definition) is 2. The molecule has 2 rings (SSSR count). The van der Waals surface area contributed by atoms with Crippen LogP contribution in [0.3, 0.4) is 0 Å². The molecule has 2 N–H and O–H groups in total. The van der Waals surface area contributed by atoms with Crippen LogP contribution in [0, 0.1) is 0 Å². The fourth-order valence-electron chi connectivity index (χ4n) is 1.94. The van der Waals surface area contributed by atoms with Gasteiger partial charge in [0.2, 0.25) is 5.91 Å². The van der Waals surface area contributed by atoms with Crippen molar-refractivity contribution >= 4 is 5.91 Å². The van der Waals surface area contributed by atoms with Crippen LogP contribution in [0.4, 0.5) is 0 Å². The van der Waals surface area contributed by atoms with E-state index in [4.69, 9.17) is 0 Å². The Morgan fingerprint density at radius 1 is 1.59 bits per heavy atom. The highest BCUT2D eigenvalue weighted by Gasteiger charge is 2.24. The normalized spacial score (nSPS) is 20.6. The predicted octanol–water partition coefficient (Wildman–Crippen LogP) is 0.832. The first-order chi connectivity index (χ1) is 7.96. The standard InChI is InChI=1S/C12H20N4O/c1-12(2,3)15-7-10-5-13-8-16(10)9-4-11(17)14-6-9/h5,8-9,15H,4,6-7H2,1-3H3,(H,14,17). The number of nitrogens with zero attached hydrogens (tertiary/aromatic N) is 2. The molecule has 5 heteroatoms. The SMILES string of the molecule is CC(C)(C)NCc1cncn1C1CNC(=O)C1. The van der Waals surface area contributed by atoms with E-state index in [-0.39, 0.29) is 17.5 Å². The molecule has 94 valence electrons. The Labute approximate surface area is 102 Å². The lowest BCUT2D eigenvalue weighted by molar-refractivity contribution is -0.119. The van der Waals surface area contributed by atoms with Crippen LogP contribution in [-0.2, 0) is 11.3 Å². The highest BCUT2D eigenvalue weighted by atomic mass is 16.1. The molecule has 0 aliphatic carbocycles. The zero-order chi connectivity index (χ0) is 12.5. The summed E-state index contributed by atoms with van der Waals surface area (Å²) in [6.07, 6.45) is 4.23. The third-order valence-electron chi connectivity index (χ3n) is 2.90. The van der Waals surface area contributed by atoms with Crippen molar-refractivity contribution in [2.24, 2.45) is 0 Å². The van der Waals surface area contributed by atoms with E-state index in [1.807, 2.05) is 12.5 Å². The van der Waals surface area contributed by atoms with Crippen molar-refractivity contribution < 1.29 is 4.79 Å². The van der Waals surface area contributed by atoms with Crippen LogP contribution in [0.2, 0.25) is 0 Å². The summed E-state index contributed by atoms with van der Waals surface area (Å²) in [5, 5.41) is 6.28. The maximum atomic E-state index is 11.2. The minimum Gasteiger partial charge on any atom is -0.354 e. The average molecular weight is 236 g/mol. The van der Waals surface area contributed by atoms with Crippen LogP contribution >= 0.6 is 0 Å². The molecule has 0 aromatic carbocycles. The zero-order valence-electron chi connectivity index (χ0n) is 10.7. The van der Waals surface area contributed by atoms with E-state index < -0.39 is 0 Å². The van der Waals surface area contributed by atoms with Gasteiger partial charge < -0.3 is 15.2 Å². The second kappa shape index (κ2) is 4.49. The second-order valence-corrected chi connectivity index (χ2v) is 5.56. The second-order valence-electron chi connectivity index (χ2n) is 5.56. The van der Waals surface area contributed by atoms with Gasteiger partial charge in [0, 0.05) is 31.2 Å². The molecule has 1 aliphatic heterocycles. The smallest absolute Gasteiger partial charge is 0.222 e. The Hall–Kier alpha value is -1.36. The molecule has 1 aliphatic rings. The maximum absolute atomic E-state index is 11.2. The van der Waals surface area contributed by atoms with Gasteiger partial charge in [0.15, 0.2) is 0 Å². The molecule has 0 bridgehead atoms. The minimum absolute atomic E-state index is 0.0822. The molecule has 1 aromatic heterocycles. The van der Waals surface area contributed by atoms with Gasteiger partial charge in [0.1, 0.15) is 0 Å². The van der Waals surface area contributed by atoms with Crippen LogP contribution in [0.1, 0.15) is 38.9 Å². The summed E-state index contributed by atoms with van der Waals surface area (Å²) in [5.41, 5.74) is 1.21. The lowest BCUT2D eigenvalue weighted by Gasteiger charge is -2.22. The number of carbonyl (C=O) groups is 1. The third kappa shape index (κ3) is 3.06. The van der Waals surface area contributed by atoms with Gasteiger partial charge in [-0.2, -0.15) is 0 Å². The van der Waals surface area contributed by atoms with E-state index in [1.54, 1.807) is 0 Å². The molecule has 2 heterocycles. The molecule has 17 heavy (non-hydrogen) atoms. The first-order valence-corrected chi connectivity index (χ1v) is 5.98. The van der Waals surface area contributed by atoms with Gasteiger partial charge in [-0.15, -0.1) is 0 Å². The van der Waals surface area contributed by atoms with Gasteiger partial charge in [-0.05, 0) is 20.8 Å². The first kappa shape index (κ1) is 12.1. The quantitative estimate of drug-likeness (QED) is 0.817. The van der Waals surface area contributed by atoms with Crippen molar-refractivity contribution in [3.63, 3.8) is 0 Å². The van der Waals surface area contributed by atoms with Crippen molar-refractivity contribution in [1.82, 2.24) is 20.2 Å². The average Bonchev–Trinajstić information content (AvgIpc) is 2.81. The van der Waals surface area contributed by atoms with Crippen LogP contribution < -0.4 is 10.6 Å². The van der Waals surface area contributed by atoms with E-state index >= 15 is 0 Å². The summed E-state index contributed by atoms with van der Waals surface area (Å²) in [4.78, 5) is 15.4. The van der Waals surface area contributed by atoms with E-state index in [9.17, 15) is 4.79 Å². The van der Waals surface area contributed by atoms with E-state index in [0.29, 0.717) is 13.0 Å². The van der Waals surface area contributed by atoms with Crippen molar-refractivity contribution in [3.8, 4) is 0 Å². The fourth-order valence-corrected chi connectivity index (χ4v) is 1.94. The van der Waals surface area contributed by atoms with Crippen LogP contribution in [0.5, 0.6) is 0 Å². The monoisotopic (exact) mass is 236 g/mol. The third-order valence-corrected chi connectivity index (χ3v) is 2.90. The molecule has 0 radical (unpaired) electrons. The number of carbonyl (C=O) groups excluding carboxylic acids is 1. The molecule has 1 amide bonds. The number of aromatic nitrogens is 2.